The fraction of sp³-hybridized carbons (Fsp3) is 0.240. The maximum atomic E-state index is 12.9. The van der Waals surface area contributed by atoms with E-state index in [0.29, 0.717) is 24.2 Å². The van der Waals surface area contributed by atoms with E-state index in [0.717, 1.165) is 23.2 Å². The van der Waals surface area contributed by atoms with Gasteiger partial charge in [-0.05, 0) is 56.6 Å². The summed E-state index contributed by atoms with van der Waals surface area (Å²) in [5.74, 6) is -0.416. The molecule has 0 aliphatic carbocycles. The van der Waals surface area contributed by atoms with Crippen LogP contribution in [-0.2, 0) is 25.7 Å². The summed E-state index contributed by atoms with van der Waals surface area (Å²) in [4.78, 5) is 16.6. The molecular formula is C25H22Cl2N4O5S. The predicted molar refractivity (Wildman–Crippen MR) is 139 cm³/mol. The van der Waals surface area contributed by atoms with E-state index >= 15 is 0 Å². The Labute approximate surface area is 223 Å². The molecule has 1 N–H and O–H groups in total. The molecule has 192 valence electrons. The molecule has 0 saturated carbocycles. The average molecular weight is 561 g/mol. The van der Waals surface area contributed by atoms with Crippen LogP contribution in [0.25, 0.3) is 16.6 Å². The summed E-state index contributed by atoms with van der Waals surface area (Å²) in [5, 5.41) is 8.07. The van der Waals surface area contributed by atoms with Crippen LogP contribution in [0, 0.1) is 6.92 Å². The van der Waals surface area contributed by atoms with E-state index in [1.54, 1.807) is 16.9 Å². The number of para-hydroxylation sites is 1. The molecule has 1 fully saturated rings. The maximum Gasteiger partial charge on any atom is 0.343 e. The monoisotopic (exact) mass is 560 g/mol. The molecule has 1 aliphatic rings. The molecule has 5 rings (SSSR count). The number of halogens is 2. The molecule has 4 aromatic rings. The van der Waals surface area contributed by atoms with Crippen molar-refractivity contribution < 1.29 is 22.1 Å². The molecule has 1 aliphatic heterocycles. The number of aromatic nitrogens is 3. The minimum absolute atomic E-state index is 0.148. The number of carbonyl (C=O) groups excluding carboxylic acids is 1. The zero-order valence-corrected chi connectivity index (χ0v) is 22.0. The Morgan fingerprint density at radius 1 is 1.22 bits per heavy atom. The Morgan fingerprint density at radius 2 is 2.05 bits per heavy atom. The molecule has 0 bridgehead atoms. The van der Waals surface area contributed by atoms with Crippen LogP contribution in [0.2, 0.25) is 10.0 Å². The van der Waals surface area contributed by atoms with Gasteiger partial charge in [-0.1, -0.05) is 35.3 Å². The molecule has 0 amide bonds. The molecule has 37 heavy (non-hydrogen) atoms. The van der Waals surface area contributed by atoms with Crippen LogP contribution in [0.3, 0.4) is 0 Å². The van der Waals surface area contributed by atoms with Gasteiger partial charge in [0.1, 0.15) is 28.8 Å². The Bertz CT molecular complexity index is 1590. The van der Waals surface area contributed by atoms with Gasteiger partial charge in [0.05, 0.1) is 10.7 Å². The van der Waals surface area contributed by atoms with Crippen molar-refractivity contribution in [1.29, 1.82) is 0 Å². The lowest BCUT2D eigenvalue weighted by molar-refractivity contribution is -0.135. The predicted octanol–water partition coefficient (Wildman–Crippen LogP) is 4.60. The van der Waals surface area contributed by atoms with Crippen LogP contribution < -0.4 is 10.1 Å². The number of fused-ring (bicyclic) bond motifs is 1. The van der Waals surface area contributed by atoms with E-state index in [9.17, 15) is 13.2 Å². The molecule has 1 saturated heterocycles. The van der Waals surface area contributed by atoms with Gasteiger partial charge in [-0.2, -0.15) is 13.5 Å². The third kappa shape index (κ3) is 5.15. The first-order valence-electron chi connectivity index (χ1n) is 11.5. The lowest BCUT2D eigenvalue weighted by atomic mass is 10.1. The minimum atomic E-state index is -4.48. The molecule has 0 unspecified atom stereocenters. The van der Waals surface area contributed by atoms with Crippen LogP contribution in [-0.4, -0.2) is 41.7 Å². The van der Waals surface area contributed by atoms with Gasteiger partial charge in [0.2, 0.25) is 0 Å². The Hall–Kier alpha value is -3.18. The van der Waals surface area contributed by atoms with Crippen molar-refractivity contribution in [2.24, 2.45) is 0 Å². The van der Waals surface area contributed by atoms with Gasteiger partial charge in [0.25, 0.3) is 0 Å². The first-order chi connectivity index (χ1) is 17.7. The van der Waals surface area contributed by atoms with Crippen molar-refractivity contribution in [3.05, 3.63) is 76.2 Å². The second-order valence-corrected chi connectivity index (χ2v) is 10.8. The fourth-order valence-corrected chi connectivity index (χ4v) is 5.96. The van der Waals surface area contributed by atoms with Crippen LogP contribution >= 0.6 is 23.2 Å². The summed E-state index contributed by atoms with van der Waals surface area (Å²) >= 11 is 12.8. The van der Waals surface area contributed by atoms with Gasteiger partial charge in [-0.15, -0.1) is 0 Å². The summed E-state index contributed by atoms with van der Waals surface area (Å²) in [6.45, 7) is 2.34. The lowest BCUT2D eigenvalue weighted by Gasteiger charge is -2.16. The largest absolute Gasteiger partial charge is 0.487 e. The third-order valence-electron chi connectivity index (χ3n) is 5.99. The van der Waals surface area contributed by atoms with Gasteiger partial charge in [0, 0.05) is 34.1 Å². The number of pyridine rings is 1. The molecular weight excluding hydrogens is 539 g/mol. The van der Waals surface area contributed by atoms with Gasteiger partial charge < -0.3 is 14.2 Å². The highest BCUT2D eigenvalue weighted by molar-refractivity contribution is 7.87. The summed E-state index contributed by atoms with van der Waals surface area (Å²) < 4.78 is 38.4. The van der Waals surface area contributed by atoms with E-state index in [-0.39, 0.29) is 27.1 Å². The molecule has 1 atom stereocenters. The minimum Gasteiger partial charge on any atom is -0.487 e. The Morgan fingerprint density at radius 3 is 2.78 bits per heavy atom. The number of hydrogen-bond donors (Lipinski definition) is 1. The van der Waals surface area contributed by atoms with Crippen LogP contribution in [0.15, 0.2) is 59.8 Å². The zero-order valence-electron chi connectivity index (χ0n) is 19.6. The highest BCUT2D eigenvalue weighted by Crippen LogP contribution is 2.35. The summed E-state index contributed by atoms with van der Waals surface area (Å²) in [7, 11) is -4.48. The van der Waals surface area contributed by atoms with Crippen molar-refractivity contribution in [2.45, 2.75) is 37.3 Å². The van der Waals surface area contributed by atoms with Crippen LogP contribution in [0.5, 0.6) is 5.75 Å². The Balaban J connectivity index is 1.44. The second kappa shape index (κ2) is 10.3. The molecule has 3 heterocycles. The second-order valence-electron chi connectivity index (χ2n) is 8.52. The van der Waals surface area contributed by atoms with Crippen molar-refractivity contribution in [2.75, 3.05) is 6.54 Å². The van der Waals surface area contributed by atoms with Crippen molar-refractivity contribution in [1.82, 2.24) is 20.1 Å². The molecule has 2 aromatic heterocycles. The van der Waals surface area contributed by atoms with Crippen molar-refractivity contribution in [3.8, 4) is 11.4 Å². The molecule has 9 nitrogen and oxygen atoms in total. The number of nitrogens with one attached hydrogen (secondary N) is 1. The fourth-order valence-electron chi connectivity index (χ4n) is 4.19. The van der Waals surface area contributed by atoms with Crippen molar-refractivity contribution in [3.63, 3.8) is 0 Å². The summed E-state index contributed by atoms with van der Waals surface area (Å²) in [6.07, 6.45) is 4.79. The van der Waals surface area contributed by atoms with E-state index in [4.69, 9.17) is 32.1 Å². The van der Waals surface area contributed by atoms with E-state index in [1.807, 2.05) is 37.4 Å². The third-order valence-corrected chi connectivity index (χ3v) is 8.15. The van der Waals surface area contributed by atoms with E-state index < -0.39 is 22.1 Å². The lowest BCUT2D eigenvalue weighted by Crippen LogP contribution is -2.33. The standard InChI is InChI=1S/C25H22Cl2N4O5S/c1-15-13-20(31-12-4-11-29-31)16-5-2-7-21(24(16)30-15)35-14-17-18(26)8-9-22(23(17)27)37(33,34)36-25(32)19-6-3-10-28-19/h2,4-5,7-9,11-13,19,28H,3,6,10,14H2,1H3/t19-/m0/s1. The first kappa shape index (κ1) is 25.5. The Kier molecular flexibility index (Phi) is 7.09. The van der Waals surface area contributed by atoms with Crippen LogP contribution in [0.4, 0.5) is 0 Å². The number of rotatable bonds is 7. The summed E-state index contributed by atoms with van der Waals surface area (Å²) in [6, 6.07) is 11.1. The highest BCUT2D eigenvalue weighted by atomic mass is 35.5. The van der Waals surface area contributed by atoms with Gasteiger partial charge in [0.15, 0.2) is 0 Å². The molecule has 2 aromatic carbocycles. The summed E-state index contributed by atoms with van der Waals surface area (Å²) in [5.41, 5.74) is 2.43. The van der Waals surface area contributed by atoms with Gasteiger partial charge in [-0.3, -0.25) is 0 Å². The number of nitrogens with zero attached hydrogens (tertiary/aromatic N) is 3. The topological polar surface area (TPSA) is 112 Å². The van der Waals surface area contributed by atoms with E-state index in [2.05, 4.69) is 15.4 Å². The number of benzene rings is 2. The van der Waals surface area contributed by atoms with Gasteiger partial charge >= 0.3 is 16.1 Å². The normalized spacial score (nSPS) is 15.7. The SMILES string of the molecule is Cc1cc(-n2cccn2)c2cccc(OCc3c(Cl)ccc(S(=O)(=O)OC(=O)[C@@H]4CCCN4)c3Cl)c2n1. The molecule has 0 spiro atoms. The van der Waals surface area contributed by atoms with E-state index in [1.165, 1.54) is 12.1 Å². The first-order valence-corrected chi connectivity index (χ1v) is 13.6. The zero-order chi connectivity index (χ0) is 26.2. The smallest absolute Gasteiger partial charge is 0.343 e. The highest BCUT2D eigenvalue weighted by Gasteiger charge is 2.31. The number of ether oxygens (including phenoxy) is 1. The number of carbonyl (C=O) groups is 1. The van der Waals surface area contributed by atoms with Crippen molar-refractivity contribution >= 4 is 50.2 Å². The maximum absolute atomic E-state index is 12.9. The molecule has 12 heteroatoms. The number of aryl methyl sites for hydroxylation is 1. The van der Waals surface area contributed by atoms with Crippen LogP contribution in [0.1, 0.15) is 24.1 Å². The molecule has 0 radical (unpaired) electrons. The van der Waals surface area contributed by atoms with Gasteiger partial charge in [-0.25, -0.2) is 14.5 Å². The quantitative estimate of drug-likeness (QED) is 0.326. The number of hydrogen-bond acceptors (Lipinski definition) is 8. The average Bonchev–Trinajstić information content (AvgIpc) is 3.58.